The highest BCUT2D eigenvalue weighted by atomic mass is 16.5. The summed E-state index contributed by atoms with van der Waals surface area (Å²) in [5.41, 5.74) is 0. The predicted molar refractivity (Wildman–Crippen MR) is 74.6 cm³/mol. The maximum Gasteiger partial charge on any atom is 0.306 e. The Morgan fingerprint density at radius 3 is 2.86 bits per heavy atom. The van der Waals surface area contributed by atoms with Gasteiger partial charge in [-0.05, 0) is 12.8 Å². The van der Waals surface area contributed by atoms with Gasteiger partial charge in [-0.2, -0.15) is 0 Å². The smallest absolute Gasteiger partial charge is 0.306 e. The third kappa shape index (κ3) is 5.09. The average molecular weight is 297 g/mol. The zero-order chi connectivity index (χ0) is 15.1. The Bertz CT molecular complexity index is 443. The minimum Gasteiger partial charge on any atom is -0.469 e. The number of aromatic nitrogens is 2. The molecule has 2 heterocycles. The number of hydrogen-bond acceptors (Lipinski definition) is 7. The molecule has 7 nitrogen and oxygen atoms in total. The zero-order valence-corrected chi connectivity index (χ0v) is 12.7. The van der Waals surface area contributed by atoms with E-state index in [4.69, 9.17) is 13.9 Å². The minimum absolute atomic E-state index is 0.216. The first-order chi connectivity index (χ1) is 10.2. The average Bonchev–Trinajstić information content (AvgIpc) is 3.15. The van der Waals surface area contributed by atoms with Crippen LogP contribution in [0.3, 0.4) is 0 Å². The van der Waals surface area contributed by atoms with E-state index in [0.29, 0.717) is 31.3 Å². The minimum atomic E-state index is -0.216. The number of methoxy groups -OCH3 is 1. The van der Waals surface area contributed by atoms with Crippen LogP contribution in [-0.2, 0) is 27.2 Å². The maximum atomic E-state index is 11.3. The second-order valence-electron chi connectivity index (χ2n) is 5.14. The Kier molecular flexibility index (Phi) is 6.13. The van der Waals surface area contributed by atoms with Gasteiger partial charge in [0.1, 0.15) is 0 Å². The standard InChI is InChI=1S/C14H23N3O4/c1-3-12-15-16-13(21-12)10-17(7-6-14(18)19-2)9-11-5-4-8-20-11/h11H,3-10H2,1-2H3. The van der Waals surface area contributed by atoms with Gasteiger partial charge in [0.25, 0.3) is 0 Å². The van der Waals surface area contributed by atoms with Gasteiger partial charge < -0.3 is 13.9 Å². The number of carbonyl (C=O) groups is 1. The lowest BCUT2D eigenvalue weighted by Crippen LogP contribution is -2.33. The van der Waals surface area contributed by atoms with Gasteiger partial charge in [0.2, 0.25) is 11.8 Å². The molecular weight excluding hydrogens is 274 g/mol. The fraction of sp³-hybridized carbons (Fsp3) is 0.786. The Morgan fingerprint density at radius 2 is 2.24 bits per heavy atom. The van der Waals surface area contributed by atoms with Gasteiger partial charge in [-0.1, -0.05) is 6.92 Å². The summed E-state index contributed by atoms with van der Waals surface area (Å²) in [5, 5.41) is 8.00. The number of ether oxygens (including phenoxy) is 2. The summed E-state index contributed by atoms with van der Waals surface area (Å²) in [6.07, 6.45) is 3.43. The summed E-state index contributed by atoms with van der Waals surface area (Å²) in [7, 11) is 1.40. The van der Waals surface area contributed by atoms with Crippen LogP contribution in [0.2, 0.25) is 0 Å². The molecule has 1 aliphatic heterocycles. The lowest BCUT2D eigenvalue weighted by atomic mass is 10.2. The van der Waals surface area contributed by atoms with E-state index in [-0.39, 0.29) is 12.1 Å². The van der Waals surface area contributed by atoms with Crippen molar-refractivity contribution < 1.29 is 18.7 Å². The molecule has 1 saturated heterocycles. The molecule has 118 valence electrons. The Morgan fingerprint density at radius 1 is 1.43 bits per heavy atom. The number of aryl methyl sites for hydroxylation is 1. The number of carbonyl (C=O) groups excluding carboxylic acids is 1. The molecule has 0 spiro atoms. The normalized spacial score (nSPS) is 18.3. The molecule has 1 aliphatic rings. The largest absolute Gasteiger partial charge is 0.469 e. The molecule has 1 atom stereocenters. The van der Waals surface area contributed by atoms with Crippen molar-refractivity contribution in [1.29, 1.82) is 0 Å². The van der Waals surface area contributed by atoms with E-state index < -0.39 is 0 Å². The highest BCUT2D eigenvalue weighted by molar-refractivity contribution is 5.69. The van der Waals surface area contributed by atoms with Crippen LogP contribution in [0.1, 0.15) is 38.0 Å². The van der Waals surface area contributed by atoms with Gasteiger partial charge in [-0.3, -0.25) is 9.69 Å². The summed E-state index contributed by atoms with van der Waals surface area (Å²) in [6.45, 7) is 4.68. The van der Waals surface area contributed by atoms with Gasteiger partial charge in [-0.15, -0.1) is 10.2 Å². The molecule has 0 aromatic carbocycles. The second-order valence-corrected chi connectivity index (χ2v) is 5.14. The Hall–Kier alpha value is -1.47. The van der Waals surface area contributed by atoms with E-state index in [1.54, 1.807) is 0 Å². The van der Waals surface area contributed by atoms with Crippen molar-refractivity contribution in [3.63, 3.8) is 0 Å². The van der Waals surface area contributed by atoms with E-state index in [1.807, 2.05) is 6.92 Å². The van der Waals surface area contributed by atoms with E-state index in [0.717, 1.165) is 32.4 Å². The summed E-state index contributed by atoms with van der Waals surface area (Å²) in [6, 6.07) is 0. The maximum absolute atomic E-state index is 11.3. The van der Waals surface area contributed by atoms with Crippen LogP contribution in [-0.4, -0.2) is 54.0 Å². The molecule has 0 bridgehead atoms. The molecule has 0 N–H and O–H groups in total. The van der Waals surface area contributed by atoms with Crippen molar-refractivity contribution in [3.8, 4) is 0 Å². The van der Waals surface area contributed by atoms with Crippen molar-refractivity contribution in [1.82, 2.24) is 15.1 Å². The summed E-state index contributed by atoms with van der Waals surface area (Å²) in [5.74, 6) is 0.997. The first-order valence-corrected chi connectivity index (χ1v) is 7.43. The first-order valence-electron chi connectivity index (χ1n) is 7.43. The zero-order valence-electron chi connectivity index (χ0n) is 12.7. The molecule has 21 heavy (non-hydrogen) atoms. The fourth-order valence-corrected chi connectivity index (χ4v) is 2.35. The van der Waals surface area contributed by atoms with Crippen LogP contribution in [0.25, 0.3) is 0 Å². The number of hydrogen-bond donors (Lipinski definition) is 0. The van der Waals surface area contributed by atoms with Gasteiger partial charge in [-0.25, -0.2) is 0 Å². The Balaban J connectivity index is 1.90. The van der Waals surface area contributed by atoms with Crippen LogP contribution in [0.4, 0.5) is 0 Å². The van der Waals surface area contributed by atoms with Gasteiger partial charge in [0.15, 0.2) is 0 Å². The van der Waals surface area contributed by atoms with Gasteiger partial charge >= 0.3 is 5.97 Å². The topological polar surface area (TPSA) is 77.7 Å². The van der Waals surface area contributed by atoms with Crippen LogP contribution in [0.15, 0.2) is 4.42 Å². The molecule has 0 aliphatic carbocycles. The van der Waals surface area contributed by atoms with Crippen LogP contribution < -0.4 is 0 Å². The summed E-state index contributed by atoms with van der Waals surface area (Å²) < 4.78 is 15.9. The number of nitrogens with zero attached hydrogens (tertiary/aromatic N) is 3. The van der Waals surface area contributed by atoms with Crippen LogP contribution in [0, 0.1) is 0 Å². The lowest BCUT2D eigenvalue weighted by molar-refractivity contribution is -0.141. The van der Waals surface area contributed by atoms with Crippen molar-refractivity contribution in [2.75, 3.05) is 26.8 Å². The third-order valence-electron chi connectivity index (χ3n) is 3.52. The van der Waals surface area contributed by atoms with E-state index in [9.17, 15) is 4.79 Å². The molecule has 0 amide bonds. The van der Waals surface area contributed by atoms with Gasteiger partial charge in [0, 0.05) is 26.1 Å². The number of rotatable bonds is 8. The molecule has 1 aromatic rings. The fourth-order valence-electron chi connectivity index (χ4n) is 2.35. The number of esters is 1. The molecule has 2 rings (SSSR count). The monoisotopic (exact) mass is 297 g/mol. The molecule has 1 unspecified atom stereocenters. The summed E-state index contributed by atoms with van der Waals surface area (Å²) in [4.78, 5) is 13.4. The predicted octanol–water partition coefficient (Wildman–Crippen LogP) is 1.18. The van der Waals surface area contributed by atoms with Crippen LogP contribution >= 0.6 is 0 Å². The van der Waals surface area contributed by atoms with Crippen molar-refractivity contribution in [2.45, 2.75) is 45.3 Å². The highest BCUT2D eigenvalue weighted by Gasteiger charge is 2.21. The quantitative estimate of drug-likeness (QED) is 0.667. The van der Waals surface area contributed by atoms with E-state index in [2.05, 4.69) is 15.1 Å². The molecule has 7 heteroatoms. The van der Waals surface area contributed by atoms with Crippen molar-refractivity contribution in [3.05, 3.63) is 11.8 Å². The van der Waals surface area contributed by atoms with E-state index in [1.165, 1.54) is 7.11 Å². The van der Waals surface area contributed by atoms with E-state index >= 15 is 0 Å². The first kappa shape index (κ1) is 15.9. The third-order valence-corrected chi connectivity index (χ3v) is 3.52. The van der Waals surface area contributed by atoms with Crippen molar-refractivity contribution in [2.24, 2.45) is 0 Å². The van der Waals surface area contributed by atoms with Gasteiger partial charge in [0.05, 0.1) is 26.2 Å². The second kappa shape index (κ2) is 8.09. The molecule has 1 aromatic heterocycles. The molecule has 0 radical (unpaired) electrons. The highest BCUT2D eigenvalue weighted by Crippen LogP contribution is 2.15. The lowest BCUT2D eigenvalue weighted by Gasteiger charge is -2.23. The summed E-state index contributed by atoms with van der Waals surface area (Å²) >= 11 is 0. The molecular formula is C14H23N3O4. The molecule has 0 saturated carbocycles. The Labute approximate surface area is 124 Å². The SMILES string of the molecule is CCc1nnc(CN(CCC(=O)OC)CC2CCCO2)o1. The molecule has 1 fully saturated rings. The van der Waals surface area contributed by atoms with Crippen LogP contribution in [0.5, 0.6) is 0 Å². The van der Waals surface area contributed by atoms with Crippen molar-refractivity contribution >= 4 is 5.97 Å².